The van der Waals surface area contributed by atoms with Crippen LogP contribution in [0.4, 0.5) is 0 Å². The van der Waals surface area contributed by atoms with E-state index >= 15 is 0 Å². The third kappa shape index (κ3) is 1.89. The molecule has 2 unspecified atom stereocenters. The van der Waals surface area contributed by atoms with Crippen molar-refractivity contribution in [3.63, 3.8) is 0 Å². The van der Waals surface area contributed by atoms with Gasteiger partial charge in [-0.25, -0.2) is 0 Å². The predicted octanol–water partition coefficient (Wildman–Crippen LogP) is 3.09. The maximum atomic E-state index is 11.7. The number of rotatable bonds is 2. The van der Waals surface area contributed by atoms with Gasteiger partial charge in [0.25, 0.3) is 0 Å². The van der Waals surface area contributed by atoms with Gasteiger partial charge in [0.1, 0.15) is 5.88 Å². The van der Waals surface area contributed by atoms with Gasteiger partial charge in [0, 0.05) is 5.54 Å². The lowest BCUT2D eigenvalue weighted by atomic mass is 9.43. The van der Waals surface area contributed by atoms with E-state index in [2.05, 4.69) is 19.2 Å². The van der Waals surface area contributed by atoms with Crippen LogP contribution >= 0.6 is 11.6 Å². The highest BCUT2D eigenvalue weighted by molar-refractivity contribution is 6.27. The number of alkyl halides is 1. The molecule has 4 aliphatic rings. The largest absolute Gasteiger partial charge is 0.350 e. The van der Waals surface area contributed by atoms with Gasteiger partial charge >= 0.3 is 0 Å². The number of amides is 1. The molecule has 0 aromatic carbocycles. The van der Waals surface area contributed by atoms with E-state index in [1.807, 2.05) is 0 Å². The van der Waals surface area contributed by atoms with Crippen molar-refractivity contribution in [1.29, 1.82) is 0 Å². The van der Waals surface area contributed by atoms with Gasteiger partial charge in [-0.1, -0.05) is 13.8 Å². The first-order valence-corrected chi connectivity index (χ1v) is 7.27. The molecule has 4 aliphatic carbocycles. The minimum atomic E-state index is 0.0146. The first-order valence-electron chi connectivity index (χ1n) is 6.73. The minimum Gasteiger partial charge on any atom is -0.350 e. The summed E-state index contributed by atoms with van der Waals surface area (Å²) in [6.07, 6.45) is 7.57. The van der Waals surface area contributed by atoms with Crippen LogP contribution in [0.3, 0.4) is 0 Å². The van der Waals surface area contributed by atoms with E-state index in [9.17, 15) is 4.79 Å². The van der Waals surface area contributed by atoms with Crippen LogP contribution in [0.2, 0.25) is 0 Å². The molecule has 0 radical (unpaired) electrons. The van der Waals surface area contributed by atoms with E-state index in [1.54, 1.807) is 0 Å². The Morgan fingerprint density at radius 2 is 1.76 bits per heavy atom. The molecule has 0 spiro atoms. The molecule has 0 aromatic heterocycles. The van der Waals surface area contributed by atoms with Crippen LogP contribution in [-0.4, -0.2) is 17.3 Å². The number of carbonyl (C=O) groups is 1. The van der Waals surface area contributed by atoms with E-state index in [4.69, 9.17) is 11.6 Å². The fourth-order valence-corrected chi connectivity index (χ4v) is 5.98. The monoisotopic (exact) mass is 255 g/mol. The highest BCUT2D eigenvalue weighted by Gasteiger charge is 2.60. The first kappa shape index (κ1) is 11.8. The minimum absolute atomic E-state index is 0.0146. The third-order valence-electron chi connectivity index (χ3n) is 5.15. The second-order valence-electron chi connectivity index (χ2n) is 7.59. The van der Waals surface area contributed by atoms with Crippen LogP contribution in [0, 0.1) is 16.7 Å². The lowest BCUT2D eigenvalue weighted by Gasteiger charge is -2.65. The summed E-state index contributed by atoms with van der Waals surface area (Å²) in [5.74, 6) is 0.928. The fourth-order valence-electron chi connectivity index (χ4n) is 5.92. The number of nitrogens with one attached hydrogen (secondary N) is 1. The summed E-state index contributed by atoms with van der Waals surface area (Å²) in [7, 11) is 0. The van der Waals surface area contributed by atoms with Gasteiger partial charge in [0.2, 0.25) is 5.91 Å². The van der Waals surface area contributed by atoms with Crippen molar-refractivity contribution in [1.82, 2.24) is 5.32 Å². The summed E-state index contributed by atoms with van der Waals surface area (Å²) < 4.78 is 0. The van der Waals surface area contributed by atoms with E-state index in [1.165, 1.54) is 25.7 Å². The quantitative estimate of drug-likeness (QED) is 0.755. The SMILES string of the molecule is C[C@]12CC3CC(NC(=O)CCl)(C1)C[C@@](C)(C3)C2. The molecule has 0 aliphatic heterocycles. The molecule has 4 bridgehead atoms. The van der Waals surface area contributed by atoms with Crippen molar-refractivity contribution in [2.24, 2.45) is 16.7 Å². The lowest BCUT2D eigenvalue weighted by molar-refractivity contribution is -0.137. The van der Waals surface area contributed by atoms with Gasteiger partial charge in [-0.05, 0) is 55.3 Å². The van der Waals surface area contributed by atoms with Gasteiger partial charge in [0.05, 0.1) is 0 Å². The fraction of sp³-hybridized carbons (Fsp3) is 0.929. The van der Waals surface area contributed by atoms with Crippen molar-refractivity contribution in [3.05, 3.63) is 0 Å². The Kier molecular flexibility index (Phi) is 2.37. The maximum Gasteiger partial charge on any atom is 0.235 e. The number of hydrogen-bond acceptors (Lipinski definition) is 1. The van der Waals surface area contributed by atoms with Gasteiger partial charge in [-0.2, -0.15) is 0 Å². The Bertz CT molecular complexity index is 349. The Morgan fingerprint density at radius 1 is 1.18 bits per heavy atom. The molecular formula is C14H22ClNO. The normalized spacial score (nSPS) is 51.6. The molecule has 4 atom stereocenters. The Morgan fingerprint density at radius 3 is 2.24 bits per heavy atom. The molecule has 1 amide bonds. The highest BCUT2D eigenvalue weighted by atomic mass is 35.5. The maximum absolute atomic E-state index is 11.7. The Hall–Kier alpha value is -0.240. The Balaban J connectivity index is 1.89. The smallest absolute Gasteiger partial charge is 0.235 e. The van der Waals surface area contributed by atoms with E-state index < -0.39 is 0 Å². The standard InChI is InChI=1S/C14H22ClNO/c1-12-3-10-4-13(2,7-12)9-14(5-10,8-12)16-11(17)6-15/h10H,3-9H2,1-2H3,(H,16,17)/t10?,12-,13+,14?. The molecule has 0 aromatic rings. The van der Waals surface area contributed by atoms with E-state index in [0.29, 0.717) is 10.8 Å². The van der Waals surface area contributed by atoms with Crippen LogP contribution in [0.25, 0.3) is 0 Å². The summed E-state index contributed by atoms with van der Waals surface area (Å²) in [5.41, 5.74) is 0.969. The molecule has 2 nitrogen and oxygen atoms in total. The highest BCUT2D eigenvalue weighted by Crippen LogP contribution is 2.66. The molecule has 1 N–H and O–H groups in total. The molecule has 96 valence electrons. The molecule has 0 heterocycles. The zero-order chi connectivity index (χ0) is 12.3. The van der Waals surface area contributed by atoms with E-state index in [0.717, 1.165) is 18.8 Å². The topological polar surface area (TPSA) is 29.1 Å². The molecule has 4 saturated carbocycles. The predicted molar refractivity (Wildman–Crippen MR) is 69.0 cm³/mol. The lowest BCUT2D eigenvalue weighted by Crippen LogP contribution is -2.65. The third-order valence-corrected chi connectivity index (χ3v) is 5.39. The first-order chi connectivity index (χ1) is 7.86. The van der Waals surface area contributed by atoms with Crippen molar-refractivity contribution < 1.29 is 4.79 Å². The molecule has 4 rings (SSSR count). The summed E-state index contributed by atoms with van der Waals surface area (Å²) in [6.45, 7) is 4.83. The van der Waals surface area contributed by atoms with Crippen molar-refractivity contribution in [3.8, 4) is 0 Å². The van der Waals surface area contributed by atoms with Crippen LogP contribution in [-0.2, 0) is 4.79 Å². The average molecular weight is 256 g/mol. The van der Waals surface area contributed by atoms with Crippen molar-refractivity contribution in [2.45, 2.75) is 57.9 Å². The zero-order valence-corrected chi connectivity index (χ0v) is 11.6. The second kappa shape index (κ2) is 3.40. The van der Waals surface area contributed by atoms with Crippen molar-refractivity contribution in [2.75, 3.05) is 5.88 Å². The van der Waals surface area contributed by atoms with Crippen LogP contribution in [0.1, 0.15) is 52.4 Å². The van der Waals surface area contributed by atoms with Crippen LogP contribution in [0.5, 0.6) is 0 Å². The zero-order valence-electron chi connectivity index (χ0n) is 10.8. The van der Waals surface area contributed by atoms with Gasteiger partial charge in [-0.15, -0.1) is 11.6 Å². The molecule has 17 heavy (non-hydrogen) atoms. The molecular weight excluding hydrogens is 234 g/mol. The van der Waals surface area contributed by atoms with Crippen LogP contribution in [0.15, 0.2) is 0 Å². The molecule has 4 fully saturated rings. The summed E-state index contributed by atoms with van der Waals surface area (Å²) in [6, 6.07) is 0. The summed E-state index contributed by atoms with van der Waals surface area (Å²) >= 11 is 5.65. The molecule has 3 heteroatoms. The number of halogens is 1. The summed E-state index contributed by atoms with van der Waals surface area (Å²) in [4.78, 5) is 11.7. The summed E-state index contributed by atoms with van der Waals surface area (Å²) in [5, 5.41) is 3.25. The second-order valence-corrected chi connectivity index (χ2v) is 7.86. The van der Waals surface area contributed by atoms with Gasteiger partial charge in [-0.3, -0.25) is 4.79 Å². The Labute approximate surface area is 108 Å². The van der Waals surface area contributed by atoms with Crippen LogP contribution < -0.4 is 5.32 Å². The van der Waals surface area contributed by atoms with Gasteiger partial charge < -0.3 is 5.32 Å². The molecule has 0 saturated heterocycles. The average Bonchev–Trinajstić information content (AvgIpc) is 2.10. The number of hydrogen-bond donors (Lipinski definition) is 1. The van der Waals surface area contributed by atoms with Crippen molar-refractivity contribution >= 4 is 17.5 Å². The van der Waals surface area contributed by atoms with E-state index in [-0.39, 0.29) is 17.3 Å². The van der Waals surface area contributed by atoms with Gasteiger partial charge in [0.15, 0.2) is 0 Å². The number of carbonyl (C=O) groups excluding carboxylic acids is 1.